The zero-order valence-corrected chi connectivity index (χ0v) is 16.1. The minimum atomic E-state index is -0.863. The van der Waals surface area contributed by atoms with Crippen LogP contribution in [0.15, 0.2) is 42.5 Å². The van der Waals surface area contributed by atoms with Gasteiger partial charge in [0.1, 0.15) is 22.9 Å². The van der Waals surface area contributed by atoms with Crippen molar-refractivity contribution in [2.45, 2.75) is 6.04 Å². The third-order valence-corrected chi connectivity index (χ3v) is 5.13. The summed E-state index contributed by atoms with van der Waals surface area (Å²) in [6.07, 6.45) is 0. The first-order valence-electron chi connectivity index (χ1n) is 9.28. The van der Waals surface area contributed by atoms with E-state index in [9.17, 15) is 13.6 Å². The number of likely N-dealkylation sites (N-methyl/N-ethyl adjacent to an activating group) is 1. The van der Waals surface area contributed by atoms with Gasteiger partial charge in [-0.2, -0.15) is 0 Å². The summed E-state index contributed by atoms with van der Waals surface area (Å²) < 4.78 is 33.0. The second-order valence-electron chi connectivity index (χ2n) is 6.93. The molecular weight excluding hydrogens is 364 g/mol. The van der Waals surface area contributed by atoms with Crippen molar-refractivity contribution in [1.29, 1.82) is 0 Å². The molecule has 3 rings (SSSR count). The number of nitrogens with zero attached hydrogens (tertiary/aromatic N) is 2. The van der Waals surface area contributed by atoms with E-state index in [2.05, 4.69) is 22.2 Å². The van der Waals surface area contributed by atoms with Crippen molar-refractivity contribution in [3.8, 4) is 5.75 Å². The van der Waals surface area contributed by atoms with Crippen LogP contribution in [0, 0.1) is 11.6 Å². The molecule has 0 unspecified atom stereocenters. The predicted molar refractivity (Wildman–Crippen MR) is 103 cm³/mol. The first-order chi connectivity index (χ1) is 13.5. The molecule has 5 nitrogen and oxygen atoms in total. The van der Waals surface area contributed by atoms with Gasteiger partial charge in [-0.3, -0.25) is 9.69 Å². The summed E-state index contributed by atoms with van der Waals surface area (Å²) in [6.45, 7) is 3.78. The fourth-order valence-corrected chi connectivity index (χ4v) is 3.41. The molecule has 0 radical (unpaired) electrons. The maximum atomic E-state index is 13.9. The quantitative estimate of drug-likeness (QED) is 0.825. The molecule has 1 saturated heterocycles. The highest BCUT2D eigenvalue weighted by atomic mass is 19.1. The van der Waals surface area contributed by atoms with Gasteiger partial charge in [-0.25, -0.2) is 8.78 Å². The molecule has 1 atom stereocenters. The molecule has 1 fully saturated rings. The fourth-order valence-electron chi connectivity index (χ4n) is 3.41. The van der Waals surface area contributed by atoms with Crippen LogP contribution in [0.25, 0.3) is 0 Å². The Hall–Kier alpha value is -2.51. The van der Waals surface area contributed by atoms with Gasteiger partial charge in [0.25, 0.3) is 5.91 Å². The van der Waals surface area contributed by atoms with Gasteiger partial charge in [-0.15, -0.1) is 0 Å². The van der Waals surface area contributed by atoms with E-state index in [1.807, 2.05) is 24.3 Å². The predicted octanol–water partition coefficient (Wildman–Crippen LogP) is 2.69. The first kappa shape index (κ1) is 20.2. The number of hydrogen-bond acceptors (Lipinski definition) is 4. The van der Waals surface area contributed by atoms with Gasteiger partial charge in [0.05, 0.1) is 13.2 Å². The SMILES string of the molecule is COc1ccc([C@@H](CNC(=O)c2c(F)cccc2F)N2CCN(C)CC2)cc1. The van der Waals surface area contributed by atoms with Gasteiger partial charge in [0.15, 0.2) is 0 Å². The molecule has 0 spiro atoms. The van der Waals surface area contributed by atoms with Crippen LogP contribution in [0.1, 0.15) is 22.0 Å². The molecule has 2 aromatic rings. The van der Waals surface area contributed by atoms with E-state index < -0.39 is 23.1 Å². The largest absolute Gasteiger partial charge is 0.497 e. The summed E-state index contributed by atoms with van der Waals surface area (Å²) in [5.74, 6) is -1.72. The van der Waals surface area contributed by atoms with Gasteiger partial charge in [-0.05, 0) is 36.9 Å². The van der Waals surface area contributed by atoms with E-state index in [0.29, 0.717) is 0 Å². The lowest BCUT2D eigenvalue weighted by Gasteiger charge is -2.38. The molecule has 0 bridgehead atoms. The second-order valence-corrected chi connectivity index (χ2v) is 6.93. The van der Waals surface area contributed by atoms with Crippen molar-refractivity contribution in [3.63, 3.8) is 0 Å². The highest BCUT2D eigenvalue weighted by Crippen LogP contribution is 2.24. The highest BCUT2D eigenvalue weighted by molar-refractivity contribution is 5.94. The molecule has 1 amide bonds. The summed E-state index contributed by atoms with van der Waals surface area (Å²) in [5.41, 5.74) is 0.467. The smallest absolute Gasteiger partial charge is 0.257 e. The number of hydrogen-bond donors (Lipinski definition) is 1. The maximum absolute atomic E-state index is 13.9. The van der Waals surface area contributed by atoms with Crippen LogP contribution < -0.4 is 10.1 Å². The van der Waals surface area contributed by atoms with E-state index >= 15 is 0 Å². The number of carbonyl (C=O) groups excluding carboxylic acids is 1. The van der Waals surface area contributed by atoms with Gasteiger partial charge in [-0.1, -0.05) is 18.2 Å². The number of nitrogens with one attached hydrogen (secondary N) is 1. The topological polar surface area (TPSA) is 44.8 Å². The Morgan fingerprint density at radius 3 is 2.25 bits per heavy atom. The van der Waals surface area contributed by atoms with Crippen LogP contribution >= 0.6 is 0 Å². The van der Waals surface area contributed by atoms with E-state index in [-0.39, 0.29) is 12.6 Å². The third kappa shape index (κ3) is 4.66. The zero-order valence-electron chi connectivity index (χ0n) is 16.1. The van der Waals surface area contributed by atoms with Crippen LogP contribution in [-0.2, 0) is 0 Å². The molecule has 1 aliphatic heterocycles. The van der Waals surface area contributed by atoms with Crippen LogP contribution in [0.4, 0.5) is 8.78 Å². The fraction of sp³-hybridized carbons (Fsp3) is 0.381. The molecule has 0 aromatic heterocycles. The van der Waals surface area contributed by atoms with E-state index in [1.54, 1.807) is 7.11 Å². The molecule has 7 heteroatoms. The molecule has 28 heavy (non-hydrogen) atoms. The monoisotopic (exact) mass is 389 g/mol. The maximum Gasteiger partial charge on any atom is 0.257 e. The Labute approximate surface area is 163 Å². The first-order valence-corrected chi connectivity index (χ1v) is 9.28. The Morgan fingerprint density at radius 2 is 1.68 bits per heavy atom. The Balaban J connectivity index is 1.77. The summed E-state index contributed by atoms with van der Waals surface area (Å²) >= 11 is 0. The van der Waals surface area contributed by atoms with Crippen molar-refractivity contribution < 1.29 is 18.3 Å². The average molecular weight is 389 g/mol. The minimum Gasteiger partial charge on any atom is -0.497 e. The highest BCUT2D eigenvalue weighted by Gasteiger charge is 2.25. The summed E-state index contributed by atoms with van der Waals surface area (Å²) in [7, 11) is 3.68. The van der Waals surface area contributed by atoms with Crippen LogP contribution in [0.3, 0.4) is 0 Å². The number of piperazine rings is 1. The van der Waals surface area contributed by atoms with Gasteiger partial charge >= 0.3 is 0 Å². The summed E-state index contributed by atoms with van der Waals surface area (Å²) in [5, 5.41) is 2.71. The zero-order chi connectivity index (χ0) is 20.1. The van der Waals surface area contributed by atoms with Crippen molar-refractivity contribution in [3.05, 3.63) is 65.2 Å². The number of rotatable bonds is 6. The molecule has 150 valence electrons. The van der Waals surface area contributed by atoms with Crippen LogP contribution in [0.5, 0.6) is 5.75 Å². The van der Waals surface area contributed by atoms with Crippen molar-refractivity contribution in [2.75, 3.05) is 46.9 Å². The summed E-state index contributed by atoms with van der Waals surface area (Å²) in [6, 6.07) is 11.0. The Kier molecular flexibility index (Phi) is 6.59. The van der Waals surface area contributed by atoms with E-state index in [0.717, 1.165) is 49.6 Å². The lowest BCUT2D eigenvalue weighted by atomic mass is 10.0. The lowest BCUT2D eigenvalue weighted by molar-refractivity contribution is 0.0879. The molecule has 1 aliphatic rings. The number of amides is 1. The standard InChI is InChI=1S/C21H25F2N3O2/c1-25-10-12-26(13-11-25)19(15-6-8-16(28-2)9-7-15)14-24-21(27)20-17(22)4-3-5-18(20)23/h3-9,19H,10-14H2,1-2H3,(H,24,27)/t19-/m1/s1. The minimum absolute atomic E-state index is 0.0987. The molecular formula is C21H25F2N3O2. The number of halogens is 2. The third-order valence-electron chi connectivity index (χ3n) is 5.13. The van der Waals surface area contributed by atoms with Crippen molar-refractivity contribution in [2.24, 2.45) is 0 Å². The number of methoxy groups -OCH3 is 1. The molecule has 0 aliphatic carbocycles. The van der Waals surface area contributed by atoms with E-state index in [4.69, 9.17) is 4.74 Å². The molecule has 0 saturated carbocycles. The normalized spacial score (nSPS) is 16.6. The van der Waals surface area contributed by atoms with Crippen molar-refractivity contribution in [1.82, 2.24) is 15.1 Å². The van der Waals surface area contributed by atoms with Crippen molar-refractivity contribution >= 4 is 5.91 Å². The summed E-state index contributed by atoms with van der Waals surface area (Å²) in [4.78, 5) is 16.9. The van der Waals surface area contributed by atoms with Gasteiger partial charge in [0, 0.05) is 32.7 Å². The average Bonchev–Trinajstić information content (AvgIpc) is 2.70. The number of ether oxygens (including phenoxy) is 1. The van der Waals surface area contributed by atoms with E-state index in [1.165, 1.54) is 6.07 Å². The lowest BCUT2D eigenvalue weighted by Crippen LogP contribution is -2.48. The second kappa shape index (κ2) is 9.12. The number of carbonyl (C=O) groups is 1. The Morgan fingerprint density at radius 1 is 1.07 bits per heavy atom. The van der Waals surface area contributed by atoms with Crippen LogP contribution in [0.2, 0.25) is 0 Å². The number of benzene rings is 2. The van der Waals surface area contributed by atoms with Crippen LogP contribution in [-0.4, -0.2) is 62.6 Å². The molecule has 1 heterocycles. The van der Waals surface area contributed by atoms with Gasteiger partial charge in [0.2, 0.25) is 0 Å². The molecule has 2 aromatic carbocycles. The molecule has 1 N–H and O–H groups in total. The van der Waals surface area contributed by atoms with Gasteiger partial charge < -0.3 is 15.0 Å². The Bertz CT molecular complexity index is 786.